The van der Waals surface area contributed by atoms with E-state index in [2.05, 4.69) is 4.90 Å². The van der Waals surface area contributed by atoms with Crippen LogP contribution in [-0.4, -0.2) is 87.8 Å². The van der Waals surface area contributed by atoms with Gasteiger partial charge in [-0.3, -0.25) is 24.2 Å². The number of hydrogen-bond donors (Lipinski definition) is 0. The van der Waals surface area contributed by atoms with E-state index < -0.39 is 16.9 Å². The number of methoxy groups -OCH3 is 4. The van der Waals surface area contributed by atoms with Crippen LogP contribution in [0.4, 0.5) is 0 Å². The van der Waals surface area contributed by atoms with Gasteiger partial charge in [-0.2, -0.15) is 0 Å². The molecule has 0 bridgehead atoms. The molecule has 9 nitrogen and oxygen atoms in total. The maximum atomic E-state index is 15.7. The van der Waals surface area contributed by atoms with Gasteiger partial charge in [0.05, 0.1) is 33.9 Å². The quantitative estimate of drug-likeness (QED) is 0.172. The SMILES string of the molecule is COc1ccc(C=C2CN(Cc3ccccc3)C[C@@]3(C2=O)[C@@H](c2ccc(OC)c(OC)c2)CN(C)C32C(=O)c3ccccc3C2=O)cc1OC. The number of piperidine rings is 1. The number of carbonyl (C=O) groups is 3. The highest BCUT2D eigenvalue weighted by Crippen LogP contribution is 2.61. The molecule has 0 amide bonds. The first-order chi connectivity index (χ1) is 24.2. The lowest BCUT2D eigenvalue weighted by atomic mass is 9.56. The van der Waals surface area contributed by atoms with Gasteiger partial charge in [-0.25, -0.2) is 0 Å². The fourth-order valence-electron chi connectivity index (χ4n) is 8.58. The number of nitrogens with zero attached hydrogens (tertiary/aromatic N) is 2. The van der Waals surface area contributed by atoms with Crippen molar-refractivity contribution in [1.82, 2.24) is 9.80 Å². The first-order valence-corrected chi connectivity index (χ1v) is 16.6. The van der Waals surface area contributed by atoms with Crippen molar-refractivity contribution < 1.29 is 33.3 Å². The van der Waals surface area contributed by atoms with Crippen LogP contribution in [0.5, 0.6) is 23.0 Å². The average Bonchev–Trinajstić information content (AvgIpc) is 3.54. The fourth-order valence-corrected chi connectivity index (χ4v) is 8.58. The van der Waals surface area contributed by atoms with E-state index in [9.17, 15) is 0 Å². The van der Waals surface area contributed by atoms with E-state index in [0.717, 1.165) is 16.7 Å². The Morgan fingerprint density at radius 1 is 0.700 bits per heavy atom. The van der Waals surface area contributed by atoms with Gasteiger partial charge in [-0.05, 0) is 54.1 Å². The Labute approximate surface area is 292 Å². The van der Waals surface area contributed by atoms with E-state index >= 15 is 14.4 Å². The molecule has 2 spiro atoms. The highest BCUT2D eigenvalue weighted by molar-refractivity contribution is 6.36. The topological polar surface area (TPSA) is 94.6 Å². The van der Waals surface area contributed by atoms with Crippen molar-refractivity contribution in [2.45, 2.75) is 18.0 Å². The molecule has 4 aromatic carbocycles. The number of carbonyl (C=O) groups excluding carboxylic acids is 3. The van der Waals surface area contributed by atoms with Crippen LogP contribution in [0.2, 0.25) is 0 Å². The number of likely N-dealkylation sites (tertiary alicyclic amines) is 2. The summed E-state index contributed by atoms with van der Waals surface area (Å²) in [5, 5.41) is 0. The molecule has 2 aliphatic heterocycles. The molecule has 9 heteroatoms. The number of hydrogen-bond acceptors (Lipinski definition) is 9. The summed E-state index contributed by atoms with van der Waals surface area (Å²) in [4.78, 5) is 49.8. The van der Waals surface area contributed by atoms with Crippen molar-refractivity contribution in [2.75, 3.05) is 55.1 Å². The predicted octanol–water partition coefficient (Wildman–Crippen LogP) is 5.72. The minimum absolute atomic E-state index is 0.179. The van der Waals surface area contributed by atoms with Gasteiger partial charge in [0.1, 0.15) is 0 Å². The first kappa shape index (κ1) is 33.3. The summed E-state index contributed by atoms with van der Waals surface area (Å²) in [6, 6.07) is 28.1. The maximum Gasteiger partial charge on any atom is 0.192 e. The summed E-state index contributed by atoms with van der Waals surface area (Å²) in [6.07, 6.45) is 1.86. The Morgan fingerprint density at radius 3 is 1.90 bits per heavy atom. The van der Waals surface area contributed by atoms with E-state index in [1.54, 1.807) is 65.8 Å². The molecule has 2 heterocycles. The lowest BCUT2D eigenvalue weighted by Gasteiger charge is -2.50. The van der Waals surface area contributed by atoms with E-state index in [4.69, 9.17) is 18.9 Å². The third-order valence-corrected chi connectivity index (χ3v) is 10.7. The van der Waals surface area contributed by atoms with E-state index in [0.29, 0.717) is 52.8 Å². The highest BCUT2D eigenvalue weighted by atomic mass is 16.5. The summed E-state index contributed by atoms with van der Waals surface area (Å²) in [5.41, 5.74) is 0.461. The zero-order chi connectivity index (χ0) is 35.2. The zero-order valence-corrected chi connectivity index (χ0v) is 28.9. The molecular formula is C41H40N2O7. The standard InChI is InChI=1S/C41H40N2O7/c1-42-24-32(28-16-18-34(48-3)36(21-28)50-5)40(41(42)38(45)30-13-9-10-14-31(30)39(41)46)25-43(22-26-11-7-6-8-12-26)23-29(37(40)44)19-27-15-17-33(47-2)35(20-27)49-4/h6-21,32H,22-25H2,1-5H3/t32-,40+/m1/s1. The first-order valence-electron chi connectivity index (χ1n) is 16.6. The largest absolute Gasteiger partial charge is 0.493 e. The molecular weight excluding hydrogens is 632 g/mol. The third kappa shape index (κ3) is 4.87. The molecule has 50 heavy (non-hydrogen) atoms. The molecule has 4 aromatic rings. The molecule has 0 N–H and O–H groups in total. The Balaban J connectivity index is 1.49. The Bertz CT molecular complexity index is 1990. The summed E-state index contributed by atoms with van der Waals surface area (Å²) in [5.74, 6) is 0.662. The van der Waals surface area contributed by atoms with Crippen LogP contribution in [0.3, 0.4) is 0 Å². The van der Waals surface area contributed by atoms with Crippen molar-refractivity contribution in [3.8, 4) is 23.0 Å². The summed E-state index contributed by atoms with van der Waals surface area (Å²) >= 11 is 0. The van der Waals surface area contributed by atoms with Crippen molar-refractivity contribution in [1.29, 1.82) is 0 Å². The lowest BCUT2D eigenvalue weighted by Crippen LogP contribution is -2.69. The number of likely N-dealkylation sites (N-methyl/N-ethyl adjacent to an activating group) is 1. The van der Waals surface area contributed by atoms with Crippen LogP contribution in [0.1, 0.15) is 43.3 Å². The average molecular weight is 673 g/mol. The lowest BCUT2D eigenvalue weighted by molar-refractivity contribution is -0.132. The number of ketones is 3. The van der Waals surface area contributed by atoms with Crippen LogP contribution in [-0.2, 0) is 11.3 Å². The Morgan fingerprint density at radius 2 is 1.28 bits per heavy atom. The number of ether oxygens (including phenoxy) is 4. The van der Waals surface area contributed by atoms with Crippen LogP contribution < -0.4 is 18.9 Å². The van der Waals surface area contributed by atoms with Crippen molar-refractivity contribution in [2.24, 2.45) is 5.41 Å². The zero-order valence-electron chi connectivity index (χ0n) is 28.9. The van der Waals surface area contributed by atoms with Crippen molar-refractivity contribution >= 4 is 23.4 Å². The molecule has 3 aliphatic rings. The van der Waals surface area contributed by atoms with Crippen LogP contribution >= 0.6 is 0 Å². The fraction of sp³-hybridized carbons (Fsp3) is 0.293. The van der Waals surface area contributed by atoms with Crippen LogP contribution in [0, 0.1) is 5.41 Å². The van der Waals surface area contributed by atoms with Gasteiger partial charge in [0.15, 0.2) is 45.9 Å². The highest BCUT2D eigenvalue weighted by Gasteiger charge is 2.77. The minimum atomic E-state index is -1.78. The Hall–Kier alpha value is -5.25. The molecule has 1 aliphatic carbocycles. The second-order valence-corrected chi connectivity index (χ2v) is 13.2. The van der Waals surface area contributed by atoms with E-state index in [1.807, 2.05) is 71.6 Å². The molecule has 0 unspecified atom stereocenters. The smallest absolute Gasteiger partial charge is 0.192 e. The summed E-state index contributed by atoms with van der Waals surface area (Å²) in [6.45, 7) is 1.29. The molecule has 7 rings (SSSR count). The second-order valence-electron chi connectivity index (χ2n) is 13.2. The van der Waals surface area contributed by atoms with Gasteiger partial charge in [0.2, 0.25) is 0 Å². The normalized spacial score (nSPS) is 22.4. The number of rotatable bonds is 8. The third-order valence-electron chi connectivity index (χ3n) is 10.7. The van der Waals surface area contributed by atoms with E-state index in [-0.39, 0.29) is 30.4 Å². The van der Waals surface area contributed by atoms with Crippen molar-refractivity contribution in [3.63, 3.8) is 0 Å². The van der Waals surface area contributed by atoms with Gasteiger partial charge in [-0.15, -0.1) is 0 Å². The molecule has 0 saturated carbocycles. The molecule has 2 fully saturated rings. The van der Waals surface area contributed by atoms with Gasteiger partial charge >= 0.3 is 0 Å². The number of fused-ring (bicyclic) bond motifs is 2. The second kappa shape index (κ2) is 12.9. The molecule has 256 valence electrons. The monoisotopic (exact) mass is 672 g/mol. The Kier molecular flexibility index (Phi) is 8.58. The van der Waals surface area contributed by atoms with Gasteiger partial charge < -0.3 is 18.9 Å². The number of benzene rings is 4. The van der Waals surface area contributed by atoms with Gasteiger partial charge in [-0.1, -0.05) is 66.7 Å². The van der Waals surface area contributed by atoms with Crippen molar-refractivity contribution in [3.05, 3.63) is 124 Å². The van der Waals surface area contributed by atoms with Gasteiger partial charge in [0.25, 0.3) is 0 Å². The van der Waals surface area contributed by atoms with Crippen LogP contribution in [0.15, 0.2) is 96.6 Å². The minimum Gasteiger partial charge on any atom is -0.493 e. The molecule has 0 aromatic heterocycles. The van der Waals surface area contributed by atoms with Gasteiger partial charge in [0, 0.05) is 48.8 Å². The summed E-state index contributed by atoms with van der Waals surface area (Å²) < 4.78 is 22.3. The maximum absolute atomic E-state index is 15.7. The molecule has 2 saturated heterocycles. The molecule has 0 radical (unpaired) electrons. The summed E-state index contributed by atoms with van der Waals surface area (Å²) in [7, 11) is 8.08. The van der Waals surface area contributed by atoms with Crippen LogP contribution in [0.25, 0.3) is 6.08 Å². The van der Waals surface area contributed by atoms with E-state index in [1.165, 1.54) is 0 Å². The predicted molar refractivity (Wildman–Crippen MR) is 189 cm³/mol. The molecule has 2 atom stereocenters. The number of Topliss-reactive ketones (excluding diaryl/α,β-unsaturated/α-hetero) is 3.